The fourth-order valence-electron chi connectivity index (χ4n) is 2.49. The Hall–Kier alpha value is -0.890. The second-order valence-corrected chi connectivity index (χ2v) is 7.13. The maximum Gasteiger partial charge on any atom is 0.244 e. The van der Waals surface area contributed by atoms with Crippen molar-refractivity contribution in [3.05, 3.63) is 18.3 Å². The molecule has 22 heavy (non-hydrogen) atoms. The molecule has 6 nitrogen and oxygen atoms in total. The number of hydrogen-bond donors (Lipinski definition) is 1. The lowest BCUT2D eigenvalue weighted by atomic mass is 9.98. The van der Waals surface area contributed by atoms with E-state index in [9.17, 15) is 8.42 Å². The molecular formula is C14H24ClN3O3S. The highest BCUT2D eigenvalue weighted by atomic mass is 35.5. The van der Waals surface area contributed by atoms with Gasteiger partial charge in [-0.1, -0.05) is 6.92 Å². The Morgan fingerprint density at radius 1 is 1.36 bits per heavy atom. The molecule has 0 radical (unpaired) electrons. The average molecular weight is 350 g/mol. The number of hydrogen-bond acceptors (Lipinski definition) is 5. The summed E-state index contributed by atoms with van der Waals surface area (Å²) in [5, 5.41) is 3.32. The van der Waals surface area contributed by atoms with Crippen LogP contribution in [-0.4, -0.2) is 51.0 Å². The first kappa shape index (κ1) is 19.2. The predicted molar refractivity (Wildman–Crippen MR) is 88.1 cm³/mol. The third-order valence-corrected chi connectivity index (χ3v) is 5.69. The third-order valence-electron chi connectivity index (χ3n) is 3.81. The quantitative estimate of drug-likeness (QED) is 0.843. The molecule has 1 aromatic heterocycles. The summed E-state index contributed by atoms with van der Waals surface area (Å²) in [5.74, 6) is 0.976. The number of methoxy groups -OCH3 is 1. The molecule has 0 saturated carbocycles. The average Bonchev–Trinajstić information content (AvgIpc) is 2.53. The van der Waals surface area contributed by atoms with Gasteiger partial charge in [-0.25, -0.2) is 13.4 Å². The van der Waals surface area contributed by atoms with Crippen LogP contribution in [0.15, 0.2) is 23.2 Å². The molecule has 8 heteroatoms. The summed E-state index contributed by atoms with van der Waals surface area (Å²) in [7, 11) is -1.93. The number of ether oxygens (including phenoxy) is 1. The number of rotatable bonds is 6. The van der Waals surface area contributed by atoms with E-state index < -0.39 is 10.0 Å². The van der Waals surface area contributed by atoms with Crippen molar-refractivity contribution in [2.24, 2.45) is 5.92 Å². The Morgan fingerprint density at radius 2 is 2.05 bits per heavy atom. The van der Waals surface area contributed by atoms with Crippen LogP contribution in [-0.2, 0) is 10.0 Å². The Bertz CT molecular complexity index is 543. The molecule has 0 unspecified atom stereocenters. The predicted octanol–water partition coefficient (Wildman–Crippen LogP) is 1.52. The molecule has 1 aromatic rings. The molecule has 1 fully saturated rings. The summed E-state index contributed by atoms with van der Waals surface area (Å²) in [5.41, 5.74) is 0. The lowest BCUT2D eigenvalue weighted by molar-refractivity contribution is 0.268. The van der Waals surface area contributed by atoms with E-state index in [0.29, 0.717) is 24.9 Å². The van der Waals surface area contributed by atoms with Crippen LogP contribution in [0.2, 0.25) is 0 Å². The molecule has 1 aliphatic heterocycles. The smallest absolute Gasteiger partial charge is 0.244 e. The van der Waals surface area contributed by atoms with Gasteiger partial charge in [0.05, 0.1) is 13.3 Å². The number of pyridine rings is 1. The van der Waals surface area contributed by atoms with Crippen molar-refractivity contribution < 1.29 is 13.2 Å². The maximum absolute atomic E-state index is 12.5. The fraction of sp³-hybridized carbons (Fsp3) is 0.643. The number of nitrogens with zero attached hydrogens (tertiary/aromatic N) is 2. The summed E-state index contributed by atoms with van der Waals surface area (Å²) in [4.78, 5) is 4.21. The van der Waals surface area contributed by atoms with Gasteiger partial charge in [0.1, 0.15) is 4.90 Å². The van der Waals surface area contributed by atoms with Crippen LogP contribution >= 0.6 is 12.4 Å². The van der Waals surface area contributed by atoms with Crippen LogP contribution in [0.25, 0.3) is 0 Å². The van der Waals surface area contributed by atoms with Gasteiger partial charge < -0.3 is 10.1 Å². The minimum Gasteiger partial charge on any atom is -0.481 e. The number of nitrogens with one attached hydrogen (secondary N) is 1. The second-order valence-electron chi connectivity index (χ2n) is 5.19. The van der Waals surface area contributed by atoms with Crippen LogP contribution < -0.4 is 10.1 Å². The summed E-state index contributed by atoms with van der Waals surface area (Å²) in [6, 6.07) is 3.12. The second kappa shape index (κ2) is 8.67. The first-order valence-corrected chi connectivity index (χ1v) is 8.73. The van der Waals surface area contributed by atoms with E-state index in [4.69, 9.17) is 4.74 Å². The van der Waals surface area contributed by atoms with Crippen molar-refractivity contribution in [2.45, 2.75) is 24.7 Å². The van der Waals surface area contributed by atoms with Gasteiger partial charge >= 0.3 is 0 Å². The van der Waals surface area contributed by atoms with Gasteiger partial charge in [-0.3, -0.25) is 0 Å². The van der Waals surface area contributed by atoms with Crippen molar-refractivity contribution in [3.63, 3.8) is 0 Å². The van der Waals surface area contributed by atoms with E-state index in [0.717, 1.165) is 25.9 Å². The molecule has 1 N–H and O–H groups in total. The number of sulfonamides is 1. The van der Waals surface area contributed by atoms with Crippen LogP contribution in [0.4, 0.5) is 0 Å². The van der Waals surface area contributed by atoms with E-state index in [1.54, 1.807) is 16.4 Å². The van der Waals surface area contributed by atoms with E-state index in [1.165, 1.54) is 13.3 Å². The number of halogens is 1. The molecule has 0 amide bonds. The molecular weight excluding hydrogens is 326 g/mol. The molecule has 1 aliphatic rings. The molecule has 0 aromatic carbocycles. The van der Waals surface area contributed by atoms with Gasteiger partial charge in [-0.15, -0.1) is 12.4 Å². The molecule has 0 bridgehead atoms. The van der Waals surface area contributed by atoms with Crippen molar-refractivity contribution >= 4 is 22.4 Å². The standard InChI is InChI=1S/C14H23N3O3S.ClH/c1-3-15-10-12-6-8-17(9-7-12)21(18,19)13-4-5-14(20-2)16-11-13;/h4-5,11-12,15H,3,6-10H2,1-2H3;1H. The lowest BCUT2D eigenvalue weighted by Gasteiger charge is -2.31. The van der Waals surface area contributed by atoms with Crippen LogP contribution in [0.5, 0.6) is 5.88 Å². The number of aromatic nitrogens is 1. The summed E-state index contributed by atoms with van der Waals surface area (Å²) < 4.78 is 31.6. The first-order valence-electron chi connectivity index (χ1n) is 7.28. The Balaban J connectivity index is 0.00000242. The van der Waals surface area contributed by atoms with Crippen LogP contribution in [0.3, 0.4) is 0 Å². The Kier molecular flexibility index (Phi) is 7.55. The van der Waals surface area contributed by atoms with Gasteiger partial charge in [-0.2, -0.15) is 4.31 Å². The van der Waals surface area contributed by atoms with Gasteiger partial charge in [0.25, 0.3) is 0 Å². The molecule has 0 aliphatic carbocycles. The van der Waals surface area contributed by atoms with Crippen LogP contribution in [0.1, 0.15) is 19.8 Å². The van der Waals surface area contributed by atoms with Gasteiger partial charge in [0, 0.05) is 19.2 Å². The minimum atomic E-state index is -3.44. The van der Waals surface area contributed by atoms with Crippen molar-refractivity contribution in [3.8, 4) is 5.88 Å². The highest BCUT2D eigenvalue weighted by Gasteiger charge is 2.29. The Morgan fingerprint density at radius 3 is 2.55 bits per heavy atom. The van der Waals surface area contributed by atoms with Crippen LogP contribution in [0, 0.1) is 5.92 Å². The monoisotopic (exact) mass is 349 g/mol. The normalized spacial score (nSPS) is 17.0. The van der Waals surface area contributed by atoms with Crippen molar-refractivity contribution in [2.75, 3.05) is 33.3 Å². The highest BCUT2D eigenvalue weighted by Crippen LogP contribution is 2.23. The fourth-order valence-corrected chi connectivity index (χ4v) is 3.91. The molecule has 2 rings (SSSR count). The summed E-state index contributed by atoms with van der Waals surface area (Å²) in [6.45, 7) is 5.15. The lowest BCUT2D eigenvalue weighted by Crippen LogP contribution is -2.40. The minimum absolute atomic E-state index is 0. The van der Waals surface area contributed by atoms with E-state index >= 15 is 0 Å². The first-order chi connectivity index (χ1) is 10.1. The largest absolute Gasteiger partial charge is 0.481 e. The third kappa shape index (κ3) is 4.55. The van der Waals surface area contributed by atoms with E-state index in [-0.39, 0.29) is 17.3 Å². The van der Waals surface area contributed by atoms with Gasteiger partial charge in [-0.05, 0) is 37.9 Å². The molecule has 0 spiro atoms. The number of piperidine rings is 1. The molecule has 0 atom stereocenters. The zero-order valence-corrected chi connectivity index (χ0v) is 14.6. The SMILES string of the molecule is CCNCC1CCN(S(=O)(=O)c2ccc(OC)nc2)CC1.Cl. The topological polar surface area (TPSA) is 71.5 Å². The molecule has 1 saturated heterocycles. The highest BCUT2D eigenvalue weighted by molar-refractivity contribution is 7.89. The van der Waals surface area contributed by atoms with Gasteiger partial charge in [0.15, 0.2) is 0 Å². The summed E-state index contributed by atoms with van der Waals surface area (Å²) in [6.07, 6.45) is 3.16. The van der Waals surface area contributed by atoms with Gasteiger partial charge in [0.2, 0.25) is 15.9 Å². The zero-order chi connectivity index (χ0) is 15.3. The Labute approximate surface area is 138 Å². The maximum atomic E-state index is 12.5. The molecule has 2 heterocycles. The molecule has 126 valence electrons. The van der Waals surface area contributed by atoms with Crippen molar-refractivity contribution in [1.29, 1.82) is 0 Å². The zero-order valence-electron chi connectivity index (χ0n) is 13.0. The summed E-state index contributed by atoms with van der Waals surface area (Å²) >= 11 is 0. The van der Waals surface area contributed by atoms with E-state index in [2.05, 4.69) is 17.2 Å². The van der Waals surface area contributed by atoms with E-state index in [1.807, 2.05) is 0 Å². The van der Waals surface area contributed by atoms with Crippen molar-refractivity contribution in [1.82, 2.24) is 14.6 Å².